The minimum atomic E-state index is -0.691. The van der Waals surface area contributed by atoms with Crippen molar-refractivity contribution < 1.29 is 37.6 Å². The van der Waals surface area contributed by atoms with Gasteiger partial charge >= 0.3 is 5.63 Å². The number of methoxy groups -OCH3 is 2. The number of Topliss-reactive ketones (excluding diaryl/α,β-unsaturated/α-hetero) is 1. The van der Waals surface area contributed by atoms with Crippen LogP contribution in [-0.2, 0) is 18.9 Å². The van der Waals surface area contributed by atoms with Gasteiger partial charge in [-0.2, -0.15) is 0 Å². The monoisotopic (exact) mass is 424 g/mol. The Morgan fingerprint density at radius 3 is 1.87 bits per heavy atom. The van der Waals surface area contributed by atoms with E-state index in [4.69, 9.17) is 32.8 Å². The van der Waals surface area contributed by atoms with E-state index in [-0.39, 0.29) is 24.6 Å². The molecule has 166 valence electrons. The summed E-state index contributed by atoms with van der Waals surface area (Å²) in [5, 5.41) is 0.554. The van der Waals surface area contributed by atoms with E-state index in [9.17, 15) is 9.59 Å². The third-order valence-corrected chi connectivity index (χ3v) is 4.01. The van der Waals surface area contributed by atoms with Crippen LogP contribution in [0.2, 0.25) is 0 Å². The van der Waals surface area contributed by atoms with Gasteiger partial charge in [0.05, 0.1) is 39.6 Å². The van der Waals surface area contributed by atoms with E-state index < -0.39 is 5.63 Å². The van der Waals surface area contributed by atoms with Crippen LogP contribution in [0, 0.1) is 0 Å². The lowest BCUT2D eigenvalue weighted by atomic mass is 10.1. The van der Waals surface area contributed by atoms with E-state index >= 15 is 0 Å². The third-order valence-electron chi connectivity index (χ3n) is 4.01. The van der Waals surface area contributed by atoms with Gasteiger partial charge in [-0.1, -0.05) is 0 Å². The molecule has 2 rings (SSSR count). The number of carbonyl (C=O) groups excluding carboxylic acids is 1. The summed E-state index contributed by atoms with van der Waals surface area (Å²) < 4.78 is 37.5. The normalized spacial score (nSPS) is 11.0. The van der Waals surface area contributed by atoms with Crippen molar-refractivity contribution in [3.05, 3.63) is 34.2 Å². The Morgan fingerprint density at radius 2 is 1.33 bits per heavy atom. The predicted octanol–water partition coefficient (Wildman–Crippen LogP) is 2.08. The lowest BCUT2D eigenvalue weighted by molar-refractivity contribution is 0.0499. The molecule has 1 aromatic heterocycles. The molecular weight excluding hydrogens is 396 g/mol. The van der Waals surface area contributed by atoms with Crippen molar-refractivity contribution in [2.45, 2.75) is 6.92 Å². The molecule has 0 aliphatic heterocycles. The van der Waals surface area contributed by atoms with E-state index in [1.807, 2.05) is 0 Å². The summed E-state index contributed by atoms with van der Waals surface area (Å²) in [4.78, 5) is 23.7. The second-order valence-corrected chi connectivity index (χ2v) is 6.25. The highest BCUT2D eigenvalue weighted by Crippen LogP contribution is 2.32. The molecule has 9 heteroatoms. The minimum Gasteiger partial charge on any atom is -0.487 e. The summed E-state index contributed by atoms with van der Waals surface area (Å²) in [7, 11) is 3.20. The lowest BCUT2D eigenvalue weighted by Gasteiger charge is -2.14. The maximum absolute atomic E-state index is 12.0. The van der Waals surface area contributed by atoms with Gasteiger partial charge in [0.2, 0.25) is 0 Å². The van der Waals surface area contributed by atoms with Crippen LogP contribution >= 0.6 is 0 Å². The van der Waals surface area contributed by atoms with Gasteiger partial charge in [0.25, 0.3) is 0 Å². The zero-order chi connectivity index (χ0) is 21.8. The fourth-order valence-electron chi connectivity index (χ4n) is 2.51. The van der Waals surface area contributed by atoms with Crippen LogP contribution in [-0.4, -0.2) is 72.9 Å². The van der Waals surface area contributed by atoms with Crippen molar-refractivity contribution in [1.82, 2.24) is 0 Å². The molecule has 0 atom stereocenters. The van der Waals surface area contributed by atoms with E-state index in [2.05, 4.69) is 0 Å². The van der Waals surface area contributed by atoms with Crippen LogP contribution in [0.3, 0.4) is 0 Å². The molecule has 0 aliphatic carbocycles. The second-order valence-electron chi connectivity index (χ2n) is 6.25. The minimum absolute atomic E-state index is 0.0171. The van der Waals surface area contributed by atoms with Crippen LogP contribution in [0.1, 0.15) is 17.3 Å². The molecule has 30 heavy (non-hydrogen) atoms. The molecule has 0 unspecified atom stereocenters. The number of rotatable bonds is 15. The van der Waals surface area contributed by atoms with Gasteiger partial charge in [-0.3, -0.25) is 4.79 Å². The highest BCUT2D eigenvalue weighted by Gasteiger charge is 2.14. The summed E-state index contributed by atoms with van der Waals surface area (Å²) in [5.41, 5.74) is -0.412. The van der Waals surface area contributed by atoms with Crippen LogP contribution in [0.4, 0.5) is 0 Å². The fraction of sp³-hybridized carbons (Fsp3) is 0.524. The number of fused-ring (bicyclic) bond motifs is 1. The van der Waals surface area contributed by atoms with Gasteiger partial charge in [0.1, 0.15) is 24.4 Å². The van der Waals surface area contributed by atoms with Crippen molar-refractivity contribution in [3.63, 3.8) is 0 Å². The molecule has 0 aliphatic rings. The number of hydrogen-bond donors (Lipinski definition) is 0. The summed E-state index contributed by atoms with van der Waals surface area (Å²) in [5.74, 6) is 0.472. The van der Waals surface area contributed by atoms with Gasteiger partial charge in [0, 0.05) is 25.7 Å². The molecule has 1 heterocycles. The largest absolute Gasteiger partial charge is 0.487 e. The smallest absolute Gasteiger partial charge is 0.347 e. The Labute approximate surface area is 174 Å². The Balaban J connectivity index is 2.13. The second kappa shape index (κ2) is 13.0. The highest BCUT2D eigenvalue weighted by molar-refractivity contribution is 5.96. The summed E-state index contributed by atoms with van der Waals surface area (Å²) in [6, 6.07) is 4.72. The Morgan fingerprint density at radius 1 is 0.800 bits per heavy atom. The molecule has 0 saturated carbocycles. The van der Waals surface area contributed by atoms with Crippen molar-refractivity contribution >= 4 is 16.8 Å². The molecule has 0 spiro atoms. The molecule has 0 amide bonds. The summed E-state index contributed by atoms with van der Waals surface area (Å²) in [6.07, 6.45) is 0. The van der Waals surface area contributed by atoms with Gasteiger partial charge in [-0.15, -0.1) is 0 Å². The van der Waals surface area contributed by atoms with E-state index in [1.54, 1.807) is 26.4 Å². The predicted molar refractivity (Wildman–Crippen MR) is 109 cm³/mol. The van der Waals surface area contributed by atoms with Crippen LogP contribution in [0.5, 0.6) is 11.5 Å². The van der Waals surface area contributed by atoms with Crippen molar-refractivity contribution in [2.75, 3.05) is 67.1 Å². The molecule has 1 aromatic carbocycles. The summed E-state index contributed by atoms with van der Waals surface area (Å²) in [6.45, 7) is 4.51. The molecule has 0 bridgehead atoms. The number of ketones is 1. The standard InChI is InChI=1S/C21H28O9/c1-15(22)17-12-16-13-19(28-10-8-26-6-4-24-2)20(14-18(16)30-21(17)23)29-11-9-27-7-5-25-3/h12-14H,4-11H2,1-3H3. The highest BCUT2D eigenvalue weighted by atomic mass is 16.6. The topological polar surface area (TPSA) is 103 Å². The Hall–Kier alpha value is -2.46. The fourth-order valence-corrected chi connectivity index (χ4v) is 2.51. The average molecular weight is 424 g/mol. The van der Waals surface area contributed by atoms with Crippen molar-refractivity contribution in [1.29, 1.82) is 0 Å². The van der Waals surface area contributed by atoms with Gasteiger partial charge in [-0.05, 0) is 19.1 Å². The van der Waals surface area contributed by atoms with Gasteiger partial charge in [-0.25, -0.2) is 4.79 Å². The first-order valence-electron chi connectivity index (χ1n) is 9.58. The molecule has 0 N–H and O–H groups in total. The lowest BCUT2D eigenvalue weighted by Crippen LogP contribution is -2.13. The SMILES string of the molecule is COCCOCCOc1cc2cc(C(C)=O)c(=O)oc2cc1OCCOCCOC. The molecule has 0 fully saturated rings. The quantitative estimate of drug-likeness (QED) is 0.241. The average Bonchev–Trinajstić information content (AvgIpc) is 2.72. The first-order valence-corrected chi connectivity index (χ1v) is 9.58. The van der Waals surface area contributed by atoms with Crippen LogP contribution in [0.15, 0.2) is 27.4 Å². The number of carbonyl (C=O) groups is 1. The number of benzene rings is 1. The Bertz CT molecular complexity index is 859. The third kappa shape index (κ3) is 7.42. The first kappa shape index (κ1) is 23.8. The zero-order valence-electron chi connectivity index (χ0n) is 17.6. The van der Waals surface area contributed by atoms with E-state index in [1.165, 1.54) is 13.0 Å². The van der Waals surface area contributed by atoms with E-state index in [0.717, 1.165) is 0 Å². The van der Waals surface area contributed by atoms with E-state index in [0.29, 0.717) is 62.1 Å². The maximum Gasteiger partial charge on any atom is 0.347 e. The van der Waals surface area contributed by atoms with Gasteiger partial charge in [0.15, 0.2) is 17.3 Å². The van der Waals surface area contributed by atoms with Gasteiger partial charge < -0.3 is 32.8 Å². The Kier molecular flexibility index (Phi) is 10.3. The van der Waals surface area contributed by atoms with Crippen LogP contribution in [0.25, 0.3) is 11.0 Å². The number of hydrogen-bond acceptors (Lipinski definition) is 9. The van der Waals surface area contributed by atoms with Crippen molar-refractivity contribution in [3.8, 4) is 11.5 Å². The molecule has 0 radical (unpaired) electrons. The molecule has 0 saturated heterocycles. The van der Waals surface area contributed by atoms with Crippen LogP contribution < -0.4 is 15.1 Å². The molecular formula is C21H28O9. The first-order chi connectivity index (χ1) is 14.6. The molecule has 2 aromatic rings. The number of ether oxygens (including phenoxy) is 6. The summed E-state index contributed by atoms with van der Waals surface area (Å²) >= 11 is 0. The molecule has 9 nitrogen and oxygen atoms in total. The zero-order valence-corrected chi connectivity index (χ0v) is 17.6. The van der Waals surface area contributed by atoms with Crippen molar-refractivity contribution in [2.24, 2.45) is 0 Å². The maximum atomic E-state index is 12.0.